The molecule has 1 amide bonds. The molecule has 0 aliphatic carbocycles. The van der Waals surface area contributed by atoms with E-state index in [-0.39, 0.29) is 18.5 Å². The van der Waals surface area contributed by atoms with Gasteiger partial charge in [-0.2, -0.15) is 0 Å². The number of aliphatic carboxylic acids is 1. The molecule has 0 spiro atoms. The highest BCUT2D eigenvalue weighted by atomic mass is 16.5. The number of amides is 1. The summed E-state index contributed by atoms with van der Waals surface area (Å²) in [4.78, 5) is 24.8. The van der Waals surface area contributed by atoms with Gasteiger partial charge in [-0.15, -0.1) is 0 Å². The molecule has 0 saturated heterocycles. The summed E-state index contributed by atoms with van der Waals surface area (Å²) in [7, 11) is 0. The molecule has 19 heavy (non-hydrogen) atoms. The van der Waals surface area contributed by atoms with Crippen LogP contribution in [0.15, 0.2) is 4.52 Å². The quantitative estimate of drug-likeness (QED) is 0.851. The maximum Gasteiger partial charge on any atom is 0.323 e. The second-order valence-electron chi connectivity index (χ2n) is 4.50. The van der Waals surface area contributed by atoms with Crippen LogP contribution in [0, 0.1) is 6.92 Å². The third-order valence-electron chi connectivity index (χ3n) is 3.17. The Bertz CT molecular complexity index is 467. The first-order valence-electron chi connectivity index (χ1n) is 6.40. The lowest BCUT2D eigenvalue weighted by Gasteiger charge is -2.26. The number of carbonyl (C=O) groups excluding carboxylic acids is 1. The molecular formula is C13H20N2O4. The third-order valence-corrected chi connectivity index (χ3v) is 3.17. The number of aryl methyl sites for hydroxylation is 2. The summed E-state index contributed by atoms with van der Waals surface area (Å²) < 4.78 is 5.03. The zero-order valence-electron chi connectivity index (χ0n) is 11.8. The van der Waals surface area contributed by atoms with Crippen molar-refractivity contribution in [1.29, 1.82) is 0 Å². The van der Waals surface area contributed by atoms with Gasteiger partial charge in [0, 0.05) is 6.04 Å². The Morgan fingerprint density at radius 3 is 2.53 bits per heavy atom. The van der Waals surface area contributed by atoms with E-state index in [9.17, 15) is 9.59 Å². The van der Waals surface area contributed by atoms with Crippen molar-refractivity contribution in [3.05, 3.63) is 17.0 Å². The highest BCUT2D eigenvalue weighted by molar-refractivity contribution is 5.97. The van der Waals surface area contributed by atoms with Crippen molar-refractivity contribution in [2.45, 2.75) is 46.6 Å². The van der Waals surface area contributed by atoms with Gasteiger partial charge in [-0.25, -0.2) is 0 Å². The largest absolute Gasteiger partial charge is 0.480 e. The van der Waals surface area contributed by atoms with Gasteiger partial charge in [0.1, 0.15) is 17.9 Å². The zero-order chi connectivity index (χ0) is 14.6. The van der Waals surface area contributed by atoms with Crippen molar-refractivity contribution >= 4 is 11.9 Å². The van der Waals surface area contributed by atoms with Crippen LogP contribution in [0.2, 0.25) is 0 Å². The molecule has 106 valence electrons. The van der Waals surface area contributed by atoms with Crippen LogP contribution >= 0.6 is 0 Å². The topological polar surface area (TPSA) is 83.6 Å². The number of carbonyl (C=O) groups is 2. The van der Waals surface area contributed by atoms with Crippen LogP contribution in [-0.4, -0.2) is 39.6 Å². The Morgan fingerprint density at radius 1 is 1.42 bits per heavy atom. The molecule has 1 aromatic rings. The Kier molecular flexibility index (Phi) is 5.09. The summed E-state index contributed by atoms with van der Waals surface area (Å²) in [5.41, 5.74) is 0.963. The summed E-state index contributed by atoms with van der Waals surface area (Å²) in [6.07, 6.45) is 1.25. The number of nitrogens with zero attached hydrogens (tertiary/aromatic N) is 2. The predicted octanol–water partition coefficient (Wildman–Crippen LogP) is 1.87. The molecule has 1 aromatic heterocycles. The molecule has 0 aliphatic heterocycles. The lowest BCUT2D eigenvalue weighted by molar-refractivity contribution is -0.138. The minimum Gasteiger partial charge on any atom is -0.480 e. The van der Waals surface area contributed by atoms with Gasteiger partial charge in [-0.1, -0.05) is 19.0 Å². The van der Waals surface area contributed by atoms with E-state index in [0.29, 0.717) is 29.9 Å². The van der Waals surface area contributed by atoms with Gasteiger partial charge >= 0.3 is 5.97 Å². The van der Waals surface area contributed by atoms with Crippen LogP contribution in [0.25, 0.3) is 0 Å². The van der Waals surface area contributed by atoms with Crippen LogP contribution in [0.5, 0.6) is 0 Å². The molecule has 6 heteroatoms. The summed E-state index contributed by atoms with van der Waals surface area (Å²) in [5, 5.41) is 12.8. The van der Waals surface area contributed by atoms with E-state index < -0.39 is 5.97 Å². The lowest BCUT2D eigenvalue weighted by Crippen LogP contribution is -2.42. The minimum absolute atomic E-state index is 0.150. The van der Waals surface area contributed by atoms with Gasteiger partial charge in [0.05, 0.1) is 5.69 Å². The fourth-order valence-corrected chi connectivity index (χ4v) is 1.87. The first kappa shape index (κ1) is 15.2. The first-order valence-corrected chi connectivity index (χ1v) is 6.40. The highest BCUT2D eigenvalue weighted by Crippen LogP contribution is 2.18. The summed E-state index contributed by atoms with van der Waals surface area (Å²) >= 11 is 0. The fourth-order valence-electron chi connectivity index (χ4n) is 1.87. The van der Waals surface area contributed by atoms with E-state index in [2.05, 4.69) is 5.16 Å². The maximum absolute atomic E-state index is 12.5. The van der Waals surface area contributed by atoms with Crippen molar-refractivity contribution in [1.82, 2.24) is 10.1 Å². The minimum atomic E-state index is -1.03. The Morgan fingerprint density at radius 2 is 2.05 bits per heavy atom. The van der Waals surface area contributed by atoms with Crippen molar-refractivity contribution in [2.75, 3.05) is 6.54 Å². The predicted molar refractivity (Wildman–Crippen MR) is 69.0 cm³/mol. The molecule has 0 aromatic carbocycles. The Hall–Kier alpha value is -1.85. The molecule has 0 bridgehead atoms. The highest BCUT2D eigenvalue weighted by Gasteiger charge is 2.28. The van der Waals surface area contributed by atoms with Gasteiger partial charge in [0.15, 0.2) is 0 Å². The summed E-state index contributed by atoms with van der Waals surface area (Å²) in [5.74, 6) is -0.923. The zero-order valence-corrected chi connectivity index (χ0v) is 11.8. The molecule has 0 radical (unpaired) electrons. The van der Waals surface area contributed by atoms with Crippen LogP contribution < -0.4 is 0 Å². The molecule has 0 aliphatic rings. The van der Waals surface area contributed by atoms with E-state index in [0.717, 1.165) is 0 Å². The first-order chi connectivity index (χ1) is 8.92. The average molecular weight is 268 g/mol. The van der Waals surface area contributed by atoms with Crippen LogP contribution in [-0.2, 0) is 11.2 Å². The molecule has 1 atom stereocenters. The molecule has 1 unspecified atom stereocenters. The second kappa shape index (κ2) is 6.36. The summed E-state index contributed by atoms with van der Waals surface area (Å²) in [6, 6.07) is -0.150. The molecule has 6 nitrogen and oxygen atoms in total. The van der Waals surface area contributed by atoms with Crippen LogP contribution in [0.3, 0.4) is 0 Å². The molecule has 0 fully saturated rings. The van der Waals surface area contributed by atoms with Crippen LogP contribution in [0.4, 0.5) is 0 Å². The van der Waals surface area contributed by atoms with Gasteiger partial charge in [-0.3, -0.25) is 9.59 Å². The van der Waals surface area contributed by atoms with Gasteiger partial charge in [0.2, 0.25) is 0 Å². The van der Waals surface area contributed by atoms with E-state index in [1.807, 2.05) is 20.8 Å². The van der Waals surface area contributed by atoms with Gasteiger partial charge < -0.3 is 14.5 Å². The lowest BCUT2D eigenvalue weighted by atomic mass is 10.1. The van der Waals surface area contributed by atoms with Crippen molar-refractivity contribution in [2.24, 2.45) is 0 Å². The number of hydrogen-bond acceptors (Lipinski definition) is 4. The molecule has 1 N–H and O–H groups in total. The van der Waals surface area contributed by atoms with E-state index in [1.165, 1.54) is 4.90 Å². The Balaban J connectivity index is 3.11. The van der Waals surface area contributed by atoms with Gasteiger partial charge in [0.25, 0.3) is 5.91 Å². The third kappa shape index (κ3) is 3.33. The number of carboxylic acids is 1. The van der Waals surface area contributed by atoms with Crippen molar-refractivity contribution in [3.63, 3.8) is 0 Å². The summed E-state index contributed by atoms with van der Waals surface area (Å²) in [6.45, 7) is 6.96. The standard InChI is InChI=1S/C13H20N2O4/c1-5-8(3)15(7-11(16)17)13(18)12-9(4)19-14-10(12)6-2/h8H,5-7H2,1-4H3,(H,16,17). The van der Waals surface area contributed by atoms with Gasteiger partial charge in [-0.05, 0) is 26.7 Å². The normalized spacial score (nSPS) is 12.2. The second-order valence-corrected chi connectivity index (χ2v) is 4.50. The molecule has 1 rings (SSSR count). The van der Waals surface area contributed by atoms with Crippen molar-refractivity contribution < 1.29 is 19.2 Å². The molecule has 0 saturated carbocycles. The number of aromatic nitrogens is 1. The van der Waals surface area contributed by atoms with E-state index in [4.69, 9.17) is 9.63 Å². The number of carboxylic acid groups (broad SMARTS) is 1. The SMILES string of the molecule is CCc1noc(C)c1C(=O)N(CC(=O)O)C(C)CC. The van der Waals surface area contributed by atoms with E-state index >= 15 is 0 Å². The average Bonchev–Trinajstić information content (AvgIpc) is 2.75. The van der Waals surface area contributed by atoms with Crippen molar-refractivity contribution in [3.8, 4) is 0 Å². The maximum atomic E-state index is 12.5. The number of hydrogen-bond donors (Lipinski definition) is 1. The molecule has 1 heterocycles. The number of rotatable bonds is 6. The van der Waals surface area contributed by atoms with E-state index in [1.54, 1.807) is 6.92 Å². The van der Waals surface area contributed by atoms with Crippen LogP contribution in [0.1, 0.15) is 49.0 Å². The Labute approximate surface area is 112 Å². The fraction of sp³-hybridized carbons (Fsp3) is 0.615. The molecular weight excluding hydrogens is 248 g/mol. The smallest absolute Gasteiger partial charge is 0.323 e. The monoisotopic (exact) mass is 268 g/mol.